The van der Waals surface area contributed by atoms with Crippen LogP contribution in [0, 0.1) is 17.5 Å². The van der Waals surface area contributed by atoms with Crippen molar-refractivity contribution in [2.75, 3.05) is 27.9 Å². The van der Waals surface area contributed by atoms with Gasteiger partial charge < -0.3 is 35.5 Å². The maximum atomic E-state index is 13.1. The summed E-state index contributed by atoms with van der Waals surface area (Å²) in [4.78, 5) is 10.2. The van der Waals surface area contributed by atoms with E-state index in [1.165, 1.54) is 45.6 Å². The first-order chi connectivity index (χ1) is 18.8. The van der Waals surface area contributed by atoms with Gasteiger partial charge in [-0.25, -0.2) is 19.1 Å². The van der Waals surface area contributed by atoms with E-state index >= 15 is 0 Å². The molecule has 0 unspecified atom stereocenters. The van der Waals surface area contributed by atoms with Crippen molar-refractivity contribution >= 4 is 24.9 Å². The Balaban J connectivity index is -0.000000227. The van der Waals surface area contributed by atoms with E-state index in [1.807, 2.05) is 0 Å². The summed E-state index contributed by atoms with van der Waals surface area (Å²) in [5.74, 6) is 2.47. The summed E-state index contributed by atoms with van der Waals surface area (Å²) >= 11 is 0. The highest BCUT2D eigenvalue weighted by Crippen LogP contribution is 2.20. The number of aliphatic hydroxyl groups is 1. The van der Waals surface area contributed by atoms with Gasteiger partial charge in [-0.3, -0.25) is 4.79 Å². The normalized spacial score (nSPS) is 8.76. The highest BCUT2D eigenvalue weighted by atomic mass is 35.5. The predicted octanol–water partition coefficient (Wildman–Crippen LogP) is 4.97. The van der Waals surface area contributed by atoms with Gasteiger partial charge in [0, 0.05) is 24.3 Å². The first kappa shape index (κ1) is 44.1. The molecule has 0 radical (unpaired) electrons. The predicted molar refractivity (Wildman–Crippen MR) is 154 cm³/mol. The number of rotatable bonds is 6. The molecule has 3 rings (SSSR count). The van der Waals surface area contributed by atoms with Gasteiger partial charge in [0.15, 0.2) is 41.0 Å². The summed E-state index contributed by atoms with van der Waals surface area (Å²) in [5.41, 5.74) is 5.96. The van der Waals surface area contributed by atoms with Gasteiger partial charge in [-0.05, 0) is 31.2 Å². The van der Waals surface area contributed by atoms with Crippen molar-refractivity contribution in [2.45, 2.75) is 20.9 Å². The smallest absolute Gasteiger partial charge is 0.175 e. The van der Waals surface area contributed by atoms with Crippen molar-refractivity contribution in [3.05, 3.63) is 88.7 Å². The molecule has 0 bridgehead atoms. The number of carbonyl (C=O) groups excluding carboxylic acids is 1. The van der Waals surface area contributed by atoms with Crippen molar-refractivity contribution in [3.63, 3.8) is 0 Å². The second kappa shape index (κ2) is 27.7. The lowest BCUT2D eigenvalue weighted by molar-refractivity contribution is 0.111. The minimum absolute atomic E-state index is 0. The molecule has 0 aliphatic carbocycles. The number of aldehydes is 1. The zero-order valence-corrected chi connectivity index (χ0v) is 23.2. The zero-order valence-electron chi connectivity index (χ0n) is 22.4. The maximum Gasteiger partial charge on any atom is 0.175 e. The number of benzene rings is 3. The fourth-order valence-electron chi connectivity index (χ4n) is 2.50. The summed E-state index contributed by atoms with van der Waals surface area (Å²) in [6.45, 7) is 2.13. The molecular weight excluding hydrogens is 571 g/mol. The Bertz CT molecular complexity index is 1110. The molecule has 3 aromatic rings. The van der Waals surface area contributed by atoms with Crippen LogP contribution in [-0.2, 0) is 6.54 Å². The Kier molecular flexibility index (Phi) is 29.8. The maximum absolute atomic E-state index is 13.1. The van der Waals surface area contributed by atoms with Gasteiger partial charge in [0.1, 0.15) is 0 Å². The first-order valence-corrected chi connectivity index (χ1v) is 11.0. The highest BCUT2D eigenvalue weighted by Gasteiger charge is 2.07. The molecule has 10 nitrogen and oxygen atoms in total. The second-order valence-corrected chi connectivity index (χ2v) is 6.54. The van der Waals surface area contributed by atoms with Gasteiger partial charge in [-0.1, -0.05) is 42.9 Å². The van der Waals surface area contributed by atoms with E-state index in [1.54, 1.807) is 37.3 Å². The van der Waals surface area contributed by atoms with Crippen molar-refractivity contribution in [1.29, 1.82) is 0 Å². The lowest BCUT2D eigenvalue weighted by atomic mass is 10.2. The number of aliphatic hydroxyl groups excluding tert-OH is 1. The molecule has 41 heavy (non-hydrogen) atoms. The zero-order chi connectivity index (χ0) is 30.2. The molecule has 0 amide bonds. The van der Waals surface area contributed by atoms with Crippen LogP contribution < -0.4 is 25.8 Å². The molecule has 0 saturated heterocycles. The van der Waals surface area contributed by atoms with E-state index in [0.29, 0.717) is 11.8 Å². The topological polar surface area (TPSA) is 170 Å². The van der Waals surface area contributed by atoms with Crippen LogP contribution in [0.5, 0.6) is 17.2 Å². The third-order valence-corrected chi connectivity index (χ3v) is 4.23. The molecule has 0 aliphatic rings. The van der Waals surface area contributed by atoms with Crippen molar-refractivity contribution in [1.82, 2.24) is 0 Å². The van der Waals surface area contributed by atoms with Gasteiger partial charge in [0.25, 0.3) is 0 Å². The van der Waals surface area contributed by atoms with Crippen LogP contribution in [0.15, 0.2) is 59.8 Å². The first-order valence-electron chi connectivity index (χ1n) is 11.0. The summed E-state index contributed by atoms with van der Waals surface area (Å²) in [5, 5.41) is 25.0. The third-order valence-electron chi connectivity index (χ3n) is 4.23. The van der Waals surface area contributed by atoms with E-state index < -0.39 is 11.6 Å². The molecule has 0 fully saturated rings. The highest BCUT2D eigenvalue weighted by molar-refractivity contribution is 5.85. The number of methoxy groups -OCH3 is 3. The van der Waals surface area contributed by atoms with Crippen LogP contribution in [0.25, 0.3) is 0 Å². The van der Waals surface area contributed by atoms with Crippen LogP contribution in [0.1, 0.15) is 35.8 Å². The van der Waals surface area contributed by atoms with E-state index in [9.17, 15) is 18.0 Å². The molecule has 14 heteroatoms. The number of carbonyl (C=O) groups is 1. The van der Waals surface area contributed by atoms with Gasteiger partial charge in [0.2, 0.25) is 0 Å². The fraction of sp³-hybridized carbons (Fsp3) is 0.259. The minimum Gasteiger partial charge on any atom is -0.494 e. The number of hydrogen-bond donors (Lipinski definition) is 5. The number of nitrogens with two attached hydrogens (primary N) is 2. The molecule has 0 saturated carbocycles. The molecule has 0 aromatic heterocycles. The third kappa shape index (κ3) is 16.1. The summed E-state index contributed by atoms with van der Waals surface area (Å²) < 4.78 is 53.2. The van der Waals surface area contributed by atoms with E-state index in [-0.39, 0.29) is 67.2 Å². The summed E-state index contributed by atoms with van der Waals surface area (Å²) in [6.07, 6.45) is 1.47. The van der Waals surface area contributed by atoms with Crippen LogP contribution in [0.3, 0.4) is 0 Å². The lowest BCUT2D eigenvalue weighted by Crippen LogP contribution is -2.00. The van der Waals surface area contributed by atoms with E-state index in [4.69, 9.17) is 30.7 Å². The Morgan fingerprint density at radius 1 is 0.805 bits per heavy atom. The van der Waals surface area contributed by atoms with Crippen LogP contribution in [0.4, 0.5) is 13.2 Å². The molecule has 0 spiro atoms. The quantitative estimate of drug-likeness (QED) is 0.112. The summed E-state index contributed by atoms with van der Waals surface area (Å²) in [6, 6.07) is 13.9. The Morgan fingerprint density at radius 2 is 1.17 bits per heavy atom. The van der Waals surface area contributed by atoms with Crippen LogP contribution in [-0.4, -0.2) is 56.0 Å². The largest absolute Gasteiger partial charge is 0.494 e. The number of oxime groups is 1. The Morgan fingerprint density at radius 3 is 1.54 bits per heavy atom. The van der Waals surface area contributed by atoms with Gasteiger partial charge in [-0.15, -0.1) is 12.4 Å². The van der Waals surface area contributed by atoms with Gasteiger partial charge >= 0.3 is 0 Å². The number of hydrogen-bond acceptors (Lipinski definition) is 10. The van der Waals surface area contributed by atoms with E-state index in [0.717, 1.165) is 6.21 Å². The number of halogens is 4. The van der Waals surface area contributed by atoms with Crippen molar-refractivity contribution < 1.29 is 47.7 Å². The molecule has 3 aromatic carbocycles. The number of nitrogens with zero attached hydrogens (tertiary/aromatic N) is 1. The van der Waals surface area contributed by atoms with Crippen LogP contribution >= 0.6 is 12.4 Å². The van der Waals surface area contributed by atoms with Crippen molar-refractivity contribution in [3.8, 4) is 17.2 Å². The minimum atomic E-state index is -0.606. The van der Waals surface area contributed by atoms with Gasteiger partial charge in [0.05, 0.1) is 33.1 Å². The lowest BCUT2D eigenvalue weighted by Gasteiger charge is -2.03. The molecular formula is C27H39ClF3N3O7. The second-order valence-electron chi connectivity index (χ2n) is 6.54. The molecule has 0 atom stereocenters. The average Bonchev–Trinajstić information content (AvgIpc) is 2.97. The summed E-state index contributed by atoms with van der Waals surface area (Å²) in [7, 11) is 4.16. The van der Waals surface area contributed by atoms with Gasteiger partial charge in [-0.2, -0.15) is 0 Å². The monoisotopic (exact) mass is 609 g/mol. The van der Waals surface area contributed by atoms with E-state index in [2.05, 4.69) is 15.8 Å². The fourth-order valence-corrected chi connectivity index (χ4v) is 2.50. The molecule has 0 aliphatic heterocycles. The molecule has 0 heterocycles. The Labute approximate surface area is 244 Å². The molecule has 7 N–H and O–H groups in total. The van der Waals surface area contributed by atoms with Crippen LogP contribution in [0.2, 0.25) is 0 Å². The Hall–Kier alpha value is -3.88. The average molecular weight is 610 g/mol. The number of ether oxygens (including phenoxy) is 3. The standard InChI is InChI=1S/C8H8FNO2.C8H10FNO.C8H7FO2.C2H6O.CH4.ClH.H3NO/c1-12-7-4-2-3-6(5-10-11)8(7)9;2*1-11-7-4-2-3-6(5-10)8(7)9;1-2-3;;;1-2/h2-5,11H,1H3;2-4H,5,10H2,1H3;2-5H,1H3;3H,2H2,1H3;1H4;1H;2H,1H2/b10-5+;;;;;;. The van der Waals surface area contributed by atoms with Crippen molar-refractivity contribution in [2.24, 2.45) is 16.8 Å². The SMILES string of the molecule is C.CCO.COc1cccc(/C=N/O)c1F.COc1cccc(C=O)c1F.COc1cccc(CN)c1F.Cl.NO. The molecule has 232 valence electrons.